The summed E-state index contributed by atoms with van der Waals surface area (Å²) in [4.78, 5) is 11.8. The highest BCUT2D eigenvalue weighted by molar-refractivity contribution is 5.99. The fourth-order valence-electron chi connectivity index (χ4n) is 1.37. The monoisotopic (exact) mass is 192 g/mol. The molecule has 0 aromatic carbocycles. The lowest BCUT2D eigenvalue weighted by molar-refractivity contribution is -0.118. The fourth-order valence-corrected chi connectivity index (χ4v) is 1.37. The van der Waals surface area contributed by atoms with Gasteiger partial charge in [-0.1, -0.05) is 6.08 Å². The van der Waals surface area contributed by atoms with E-state index in [9.17, 15) is 4.79 Å². The van der Waals surface area contributed by atoms with Gasteiger partial charge < -0.3 is 0 Å². The molecule has 0 bridgehead atoms. The first-order valence-corrected chi connectivity index (χ1v) is 4.55. The van der Waals surface area contributed by atoms with Crippen LogP contribution in [0.1, 0.15) is 0 Å². The molecule has 3 N–H and O–H groups in total. The van der Waals surface area contributed by atoms with Crippen LogP contribution in [0.4, 0.5) is 0 Å². The summed E-state index contributed by atoms with van der Waals surface area (Å²) < 4.78 is 0. The number of hydrogen-bond acceptors (Lipinski definition) is 5. The molecule has 2 heterocycles. The number of nitrogens with one attached hydrogen (secondary N) is 3. The number of Topliss-reactive ketones (excluding diaryl/α,β-unsaturated/α-hetero) is 1. The maximum atomic E-state index is 11.8. The number of ketones is 1. The minimum Gasteiger partial charge on any atom is -0.294 e. The van der Waals surface area contributed by atoms with Gasteiger partial charge in [0, 0.05) is 19.3 Å². The van der Waals surface area contributed by atoms with Gasteiger partial charge in [-0.15, -0.1) is 0 Å². The maximum Gasteiger partial charge on any atom is 0.211 e. The van der Waals surface area contributed by atoms with Crippen LogP contribution in [0.15, 0.2) is 29.0 Å². The van der Waals surface area contributed by atoms with E-state index >= 15 is 0 Å². The molecular formula is C9H12N4O. The summed E-state index contributed by atoms with van der Waals surface area (Å²) >= 11 is 0. The van der Waals surface area contributed by atoms with Crippen LogP contribution in [0.25, 0.3) is 0 Å². The van der Waals surface area contributed by atoms with E-state index in [1.54, 1.807) is 24.4 Å². The van der Waals surface area contributed by atoms with E-state index in [2.05, 4.69) is 21.2 Å². The Morgan fingerprint density at radius 1 is 1.36 bits per heavy atom. The molecular weight excluding hydrogens is 180 g/mol. The average Bonchev–Trinajstić information content (AvgIpc) is 2.59. The summed E-state index contributed by atoms with van der Waals surface area (Å²) in [6.45, 7) is 1.64. The maximum absolute atomic E-state index is 11.8. The van der Waals surface area contributed by atoms with Gasteiger partial charge in [-0.05, 0) is 12.2 Å². The molecule has 5 heteroatoms. The highest BCUT2D eigenvalue weighted by atomic mass is 16.1. The van der Waals surface area contributed by atoms with E-state index < -0.39 is 0 Å². The Balaban J connectivity index is 2.06. The molecule has 1 fully saturated rings. The minimum absolute atomic E-state index is 0.00815. The van der Waals surface area contributed by atoms with E-state index in [1.165, 1.54) is 0 Å². The van der Waals surface area contributed by atoms with Crippen LogP contribution in [0.2, 0.25) is 0 Å². The van der Waals surface area contributed by atoms with Crippen molar-refractivity contribution in [3.8, 4) is 0 Å². The zero-order valence-electron chi connectivity index (χ0n) is 7.66. The highest BCUT2D eigenvalue weighted by Crippen LogP contribution is 2.00. The van der Waals surface area contributed by atoms with Crippen molar-refractivity contribution in [3.63, 3.8) is 0 Å². The van der Waals surface area contributed by atoms with Crippen LogP contribution in [0, 0.1) is 0 Å². The molecule has 2 aliphatic heterocycles. The molecule has 0 aromatic rings. The van der Waals surface area contributed by atoms with E-state index in [0.29, 0.717) is 5.70 Å². The van der Waals surface area contributed by atoms with Gasteiger partial charge in [-0.2, -0.15) is 5.10 Å². The van der Waals surface area contributed by atoms with Crippen molar-refractivity contribution in [2.24, 2.45) is 5.10 Å². The van der Waals surface area contributed by atoms with Crippen LogP contribution in [0.3, 0.4) is 0 Å². The molecule has 0 unspecified atom stereocenters. The molecule has 0 amide bonds. The lowest BCUT2D eigenvalue weighted by Crippen LogP contribution is -2.42. The third kappa shape index (κ3) is 1.89. The molecule has 1 saturated heterocycles. The van der Waals surface area contributed by atoms with Gasteiger partial charge in [-0.3, -0.25) is 20.9 Å². The van der Waals surface area contributed by atoms with Crippen LogP contribution in [-0.4, -0.2) is 31.3 Å². The zero-order valence-corrected chi connectivity index (χ0v) is 7.66. The second kappa shape index (κ2) is 4.17. The average molecular weight is 192 g/mol. The van der Waals surface area contributed by atoms with Gasteiger partial charge in [-0.25, -0.2) is 0 Å². The molecule has 0 aliphatic carbocycles. The summed E-state index contributed by atoms with van der Waals surface area (Å²) in [7, 11) is 0. The summed E-state index contributed by atoms with van der Waals surface area (Å²) in [6.07, 6.45) is 6.59. The summed E-state index contributed by atoms with van der Waals surface area (Å²) in [5.41, 5.74) is 3.20. The van der Waals surface area contributed by atoms with Crippen molar-refractivity contribution in [1.29, 1.82) is 0 Å². The Morgan fingerprint density at radius 3 is 2.93 bits per heavy atom. The number of carbonyl (C=O) groups is 1. The first kappa shape index (κ1) is 9.11. The summed E-state index contributed by atoms with van der Waals surface area (Å²) in [5, 5.41) is 9.95. The fraction of sp³-hybridized carbons (Fsp3) is 0.333. The van der Waals surface area contributed by atoms with Gasteiger partial charge >= 0.3 is 0 Å². The third-order valence-electron chi connectivity index (χ3n) is 2.07. The second-order valence-electron chi connectivity index (χ2n) is 3.06. The Labute approximate surface area is 81.9 Å². The van der Waals surface area contributed by atoms with Gasteiger partial charge in [0.1, 0.15) is 11.9 Å². The van der Waals surface area contributed by atoms with Gasteiger partial charge in [0.2, 0.25) is 5.78 Å². The van der Waals surface area contributed by atoms with Crippen LogP contribution in [-0.2, 0) is 4.79 Å². The van der Waals surface area contributed by atoms with E-state index in [4.69, 9.17) is 0 Å². The smallest absolute Gasteiger partial charge is 0.211 e. The molecule has 0 spiro atoms. The van der Waals surface area contributed by atoms with E-state index in [1.807, 2.05) is 0 Å². The number of hydrazone groups is 1. The first-order chi connectivity index (χ1) is 6.88. The number of carbonyl (C=O) groups excluding carboxylic acids is 1. The number of allylic oxidation sites excluding steroid dienone is 3. The molecule has 0 aromatic heterocycles. The zero-order chi connectivity index (χ0) is 9.80. The van der Waals surface area contributed by atoms with Crippen molar-refractivity contribution >= 4 is 12.0 Å². The molecule has 0 saturated carbocycles. The molecule has 14 heavy (non-hydrogen) atoms. The predicted molar refractivity (Wildman–Crippen MR) is 53.7 cm³/mol. The molecule has 2 rings (SSSR count). The molecule has 2 aliphatic rings. The Morgan fingerprint density at radius 2 is 2.14 bits per heavy atom. The van der Waals surface area contributed by atoms with Gasteiger partial charge in [0.05, 0.1) is 0 Å². The molecule has 0 atom stereocenters. The van der Waals surface area contributed by atoms with E-state index in [0.717, 1.165) is 13.1 Å². The summed E-state index contributed by atoms with van der Waals surface area (Å²) in [5.74, 6) is -0.00815. The normalized spacial score (nSPS) is 21.6. The molecule has 74 valence electrons. The van der Waals surface area contributed by atoms with Crippen LogP contribution in [0.5, 0.6) is 0 Å². The van der Waals surface area contributed by atoms with Crippen molar-refractivity contribution in [2.45, 2.75) is 6.17 Å². The standard InChI is InChI=1S/C9H12N4O/c14-8(9-10-5-6-11-9)7-3-1-2-4-12-13-7/h1-4,9-11,13H,5-6H2. The lowest BCUT2D eigenvalue weighted by atomic mass is 10.2. The van der Waals surface area contributed by atoms with E-state index in [-0.39, 0.29) is 11.9 Å². The predicted octanol–water partition coefficient (Wildman–Crippen LogP) is -0.896. The molecule has 0 radical (unpaired) electrons. The highest BCUT2D eigenvalue weighted by Gasteiger charge is 2.24. The number of rotatable bonds is 2. The first-order valence-electron chi connectivity index (χ1n) is 4.55. The topological polar surface area (TPSA) is 65.5 Å². The van der Waals surface area contributed by atoms with Gasteiger partial charge in [0.25, 0.3) is 0 Å². The lowest BCUT2D eigenvalue weighted by Gasteiger charge is -2.11. The third-order valence-corrected chi connectivity index (χ3v) is 2.07. The van der Waals surface area contributed by atoms with Gasteiger partial charge in [0.15, 0.2) is 0 Å². The van der Waals surface area contributed by atoms with Crippen LogP contribution < -0.4 is 16.1 Å². The Kier molecular flexibility index (Phi) is 2.71. The Hall–Kier alpha value is -1.46. The summed E-state index contributed by atoms with van der Waals surface area (Å²) in [6, 6.07) is 0. The van der Waals surface area contributed by atoms with Crippen molar-refractivity contribution in [1.82, 2.24) is 16.1 Å². The van der Waals surface area contributed by atoms with Crippen LogP contribution >= 0.6 is 0 Å². The van der Waals surface area contributed by atoms with Crippen molar-refractivity contribution in [2.75, 3.05) is 13.1 Å². The van der Waals surface area contributed by atoms with Crippen molar-refractivity contribution in [3.05, 3.63) is 23.9 Å². The number of nitrogens with zero attached hydrogens (tertiary/aromatic N) is 1. The second-order valence-corrected chi connectivity index (χ2v) is 3.06. The Bertz CT molecular complexity index is 313. The minimum atomic E-state index is -0.282. The largest absolute Gasteiger partial charge is 0.294 e. The quantitative estimate of drug-likeness (QED) is 0.530. The SMILES string of the molecule is O=C(C1=CC=CC=NN1)C1NCCN1. The van der Waals surface area contributed by atoms with Crippen molar-refractivity contribution < 1.29 is 4.79 Å². The molecule has 5 nitrogen and oxygen atoms in total. The number of hydrogen-bond donors (Lipinski definition) is 3.